The fourth-order valence-corrected chi connectivity index (χ4v) is 4.11. The zero-order valence-corrected chi connectivity index (χ0v) is 22.5. The van der Waals surface area contributed by atoms with E-state index in [1.165, 1.54) is 6.07 Å². The number of nitrogens with zero attached hydrogens (tertiary/aromatic N) is 1. The zero-order valence-electron chi connectivity index (χ0n) is 22.5. The lowest BCUT2D eigenvalue weighted by Crippen LogP contribution is -2.52. The number of hydrogen-bond donors (Lipinski definition) is 3. The Morgan fingerprint density at radius 2 is 1.73 bits per heavy atom. The third-order valence-electron chi connectivity index (χ3n) is 6.20. The highest BCUT2D eigenvalue weighted by Crippen LogP contribution is 2.41. The molecule has 3 amide bonds. The van der Waals surface area contributed by atoms with Crippen LogP contribution in [-0.4, -0.2) is 52.7 Å². The van der Waals surface area contributed by atoms with Gasteiger partial charge in [0, 0.05) is 11.7 Å². The van der Waals surface area contributed by atoms with Gasteiger partial charge in [-0.25, -0.2) is 4.79 Å². The standard InChI is InChI=1S/C28H37N3O6/c1-16-15-22(16)31(26(34)18(3)29-27(35)37-28(4,5)6)24(19-8-13-23(32)17(2)14-19)25(33)30-20-9-11-21(36-7)12-10-20/h8-14,16,18,22,24,32H,15H2,1-7H3,(H,29,35)(H,30,33). The summed E-state index contributed by atoms with van der Waals surface area (Å²) in [5, 5.41) is 15.6. The summed E-state index contributed by atoms with van der Waals surface area (Å²) in [6.07, 6.45) is 0.0192. The van der Waals surface area contributed by atoms with E-state index in [1.54, 1.807) is 83.0 Å². The summed E-state index contributed by atoms with van der Waals surface area (Å²) in [6, 6.07) is 9.64. The van der Waals surface area contributed by atoms with Gasteiger partial charge in [-0.05, 0) is 94.5 Å². The van der Waals surface area contributed by atoms with Gasteiger partial charge in [-0.2, -0.15) is 0 Å². The molecule has 0 saturated heterocycles. The molecule has 2 aromatic rings. The van der Waals surface area contributed by atoms with Crippen molar-refractivity contribution in [2.24, 2.45) is 5.92 Å². The molecule has 1 saturated carbocycles. The lowest BCUT2D eigenvalue weighted by Gasteiger charge is -2.34. The van der Waals surface area contributed by atoms with Gasteiger partial charge in [0.05, 0.1) is 7.11 Å². The van der Waals surface area contributed by atoms with E-state index in [9.17, 15) is 19.5 Å². The number of phenols is 1. The van der Waals surface area contributed by atoms with Crippen molar-refractivity contribution >= 4 is 23.6 Å². The van der Waals surface area contributed by atoms with Gasteiger partial charge in [-0.3, -0.25) is 9.59 Å². The molecule has 0 aromatic heterocycles. The van der Waals surface area contributed by atoms with Crippen molar-refractivity contribution in [3.63, 3.8) is 0 Å². The smallest absolute Gasteiger partial charge is 0.408 e. The maximum absolute atomic E-state index is 13.8. The fourth-order valence-electron chi connectivity index (χ4n) is 4.11. The lowest BCUT2D eigenvalue weighted by molar-refractivity contribution is -0.141. The molecule has 4 atom stereocenters. The summed E-state index contributed by atoms with van der Waals surface area (Å²) in [7, 11) is 1.56. The van der Waals surface area contributed by atoms with Crippen LogP contribution in [0.15, 0.2) is 42.5 Å². The number of aromatic hydroxyl groups is 1. The van der Waals surface area contributed by atoms with Crippen LogP contribution in [0.3, 0.4) is 0 Å². The molecule has 1 aliphatic carbocycles. The number of anilines is 1. The van der Waals surface area contributed by atoms with Crippen molar-refractivity contribution in [3.05, 3.63) is 53.6 Å². The Kier molecular flexibility index (Phi) is 8.35. The third kappa shape index (κ3) is 7.15. The van der Waals surface area contributed by atoms with Crippen molar-refractivity contribution in [1.82, 2.24) is 10.2 Å². The Morgan fingerprint density at radius 1 is 1.11 bits per heavy atom. The Labute approximate surface area is 218 Å². The second kappa shape index (κ2) is 11.1. The number of carbonyl (C=O) groups excluding carboxylic acids is 3. The number of aryl methyl sites for hydroxylation is 1. The van der Waals surface area contributed by atoms with Gasteiger partial charge in [0.25, 0.3) is 5.91 Å². The van der Waals surface area contributed by atoms with E-state index in [0.717, 1.165) is 6.42 Å². The molecule has 3 rings (SSSR count). The highest BCUT2D eigenvalue weighted by molar-refractivity contribution is 5.99. The highest BCUT2D eigenvalue weighted by Gasteiger charge is 2.47. The van der Waals surface area contributed by atoms with Gasteiger partial charge in [-0.15, -0.1) is 0 Å². The molecule has 0 bridgehead atoms. The van der Waals surface area contributed by atoms with E-state index in [2.05, 4.69) is 10.6 Å². The van der Waals surface area contributed by atoms with Crippen LogP contribution >= 0.6 is 0 Å². The minimum atomic E-state index is -0.994. The first-order valence-corrected chi connectivity index (χ1v) is 12.4. The number of carbonyl (C=O) groups is 3. The van der Waals surface area contributed by atoms with Crippen molar-refractivity contribution in [2.75, 3.05) is 12.4 Å². The minimum Gasteiger partial charge on any atom is -0.508 e. The quantitative estimate of drug-likeness (QED) is 0.479. The van der Waals surface area contributed by atoms with Gasteiger partial charge in [-0.1, -0.05) is 13.0 Å². The monoisotopic (exact) mass is 511 g/mol. The van der Waals surface area contributed by atoms with Crippen molar-refractivity contribution in [1.29, 1.82) is 0 Å². The van der Waals surface area contributed by atoms with E-state index in [-0.39, 0.29) is 17.7 Å². The first kappa shape index (κ1) is 27.8. The van der Waals surface area contributed by atoms with E-state index in [0.29, 0.717) is 22.6 Å². The largest absolute Gasteiger partial charge is 0.508 e. The van der Waals surface area contributed by atoms with Gasteiger partial charge in [0.1, 0.15) is 29.2 Å². The van der Waals surface area contributed by atoms with Crippen LogP contribution in [0.4, 0.5) is 10.5 Å². The summed E-state index contributed by atoms with van der Waals surface area (Å²) >= 11 is 0. The summed E-state index contributed by atoms with van der Waals surface area (Å²) in [4.78, 5) is 41.5. The molecule has 0 spiro atoms. The van der Waals surface area contributed by atoms with Gasteiger partial charge >= 0.3 is 6.09 Å². The van der Waals surface area contributed by atoms with E-state index >= 15 is 0 Å². The average molecular weight is 512 g/mol. The molecule has 0 radical (unpaired) electrons. The average Bonchev–Trinajstić information content (AvgIpc) is 3.53. The molecule has 9 heteroatoms. The number of ether oxygens (including phenoxy) is 2. The Morgan fingerprint density at radius 3 is 2.24 bits per heavy atom. The molecule has 9 nitrogen and oxygen atoms in total. The first-order valence-electron chi connectivity index (χ1n) is 12.4. The Bertz CT molecular complexity index is 1140. The van der Waals surface area contributed by atoms with Crippen LogP contribution in [0.25, 0.3) is 0 Å². The van der Waals surface area contributed by atoms with Crippen molar-refractivity contribution < 1.29 is 29.0 Å². The zero-order chi connectivity index (χ0) is 27.5. The van der Waals surface area contributed by atoms with Crippen LogP contribution in [0.1, 0.15) is 58.2 Å². The number of phenolic OH excluding ortho intramolecular Hbond substituents is 1. The summed E-state index contributed by atoms with van der Waals surface area (Å²) < 4.78 is 10.5. The molecule has 4 unspecified atom stereocenters. The first-order chi connectivity index (χ1) is 17.3. The topological polar surface area (TPSA) is 117 Å². The number of hydrogen-bond acceptors (Lipinski definition) is 6. The van der Waals surface area contributed by atoms with Gasteiger partial charge in [0.2, 0.25) is 5.91 Å². The van der Waals surface area contributed by atoms with E-state index in [4.69, 9.17) is 9.47 Å². The molecule has 3 N–H and O–H groups in total. The number of alkyl carbamates (subject to hydrolysis) is 1. The molecule has 2 aromatic carbocycles. The number of amides is 3. The summed E-state index contributed by atoms with van der Waals surface area (Å²) in [5.41, 5.74) is 0.957. The fraction of sp³-hybridized carbons (Fsp3) is 0.464. The summed E-state index contributed by atoms with van der Waals surface area (Å²) in [5.74, 6) is 0.116. The molecule has 200 valence electrons. The second-order valence-corrected chi connectivity index (χ2v) is 10.6. The number of benzene rings is 2. The van der Waals surface area contributed by atoms with Crippen LogP contribution < -0.4 is 15.4 Å². The molecule has 37 heavy (non-hydrogen) atoms. The minimum absolute atomic E-state index is 0.0932. The van der Waals surface area contributed by atoms with Gasteiger partial charge < -0.3 is 30.1 Å². The van der Waals surface area contributed by atoms with Crippen LogP contribution in [0.5, 0.6) is 11.5 Å². The highest BCUT2D eigenvalue weighted by atomic mass is 16.6. The number of methoxy groups -OCH3 is 1. The maximum Gasteiger partial charge on any atom is 0.408 e. The second-order valence-electron chi connectivity index (χ2n) is 10.6. The molecule has 1 aliphatic rings. The normalized spacial score (nSPS) is 18.2. The number of rotatable bonds is 8. The predicted octanol–water partition coefficient (Wildman–Crippen LogP) is 4.54. The maximum atomic E-state index is 13.8. The van der Waals surface area contributed by atoms with E-state index < -0.39 is 35.6 Å². The van der Waals surface area contributed by atoms with Crippen LogP contribution in [0.2, 0.25) is 0 Å². The van der Waals surface area contributed by atoms with Crippen molar-refractivity contribution in [3.8, 4) is 11.5 Å². The lowest BCUT2D eigenvalue weighted by atomic mass is 10.00. The SMILES string of the molecule is COc1ccc(NC(=O)C(c2ccc(O)c(C)c2)N(C(=O)C(C)NC(=O)OC(C)(C)C)C2CC2C)cc1. The van der Waals surface area contributed by atoms with Gasteiger partial charge in [0.15, 0.2) is 0 Å². The molecule has 0 heterocycles. The molecular weight excluding hydrogens is 474 g/mol. The molecule has 0 aliphatic heterocycles. The Hall–Kier alpha value is -3.75. The van der Waals surface area contributed by atoms with E-state index in [1.807, 2.05) is 6.92 Å². The third-order valence-corrected chi connectivity index (χ3v) is 6.20. The number of nitrogens with one attached hydrogen (secondary N) is 2. The van der Waals surface area contributed by atoms with Crippen LogP contribution in [-0.2, 0) is 14.3 Å². The predicted molar refractivity (Wildman–Crippen MR) is 140 cm³/mol. The molecular formula is C28H37N3O6. The van der Waals surface area contributed by atoms with Crippen LogP contribution in [0, 0.1) is 12.8 Å². The summed E-state index contributed by atoms with van der Waals surface area (Å²) in [6.45, 7) is 10.5. The van der Waals surface area contributed by atoms with Crippen molar-refractivity contribution in [2.45, 2.75) is 71.7 Å². The Balaban J connectivity index is 1.96. The molecule has 1 fully saturated rings.